The van der Waals surface area contributed by atoms with Crippen molar-refractivity contribution in [2.45, 2.75) is 18.8 Å². The molecule has 0 saturated heterocycles. The summed E-state index contributed by atoms with van der Waals surface area (Å²) >= 11 is 1.45. The maximum absolute atomic E-state index is 11.8. The first-order chi connectivity index (χ1) is 10.2. The Morgan fingerprint density at radius 3 is 3.05 bits per heavy atom. The van der Waals surface area contributed by atoms with Crippen LogP contribution in [0.3, 0.4) is 0 Å². The summed E-state index contributed by atoms with van der Waals surface area (Å²) in [6.07, 6.45) is 5.57. The predicted octanol–water partition coefficient (Wildman–Crippen LogP) is 3.08. The molecule has 1 aromatic carbocycles. The van der Waals surface area contributed by atoms with E-state index in [0.29, 0.717) is 11.0 Å². The molecule has 21 heavy (non-hydrogen) atoms. The Morgan fingerprint density at radius 1 is 1.43 bits per heavy atom. The molecule has 5 nitrogen and oxygen atoms in total. The van der Waals surface area contributed by atoms with Gasteiger partial charge in [0.05, 0.1) is 7.11 Å². The number of hydrogen-bond acceptors (Lipinski definition) is 5. The van der Waals surface area contributed by atoms with Gasteiger partial charge in [0.15, 0.2) is 0 Å². The molecule has 1 amide bonds. The fourth-order valence-electron chi connectivity index (χ4n) is 1.84. The Hall–Kier alpha value is -2.21. The largest absolute Gasteiger partial charge is 0.497 e. The van der Waals surface area contributed by atoms with Gasteiger partial charge in [-0.05, 0) is 36.6 Å². The summed E-state index contributed by atoms with van der Waals surface area (Å²) in [7, 11) is 1.61. The maximum atomic E-state index is 11.8. The second kappa shape index (κ2) is 6.05. The first-order valence-electron chi connectivity index (χ1n) is 6.71. The number of anilines is 1. The average molecular weight is 301 g/mol. The van der Waals surface area contributed by atoms with Crippen LogP contribution in [0.15, 0.2) is 30.3 Å². The van der Waals surface area contributed by atoms with Crippen LogP contribution in [0, 0.1) is 0 Å². The fourth-order valence-corrected chi connectivity index (χ4v) is 2.76. The molecule has 1 heterocycles. The first kappa shape index (κ1) is 13.8. The van der Waals surface area contributed by atoms with Crippen molar-refractivity contribution in [3.8, 4) is 5.75 Å². The number of nitrogens with one attached hydrogen (secondary N) is 1. The van der Waals surface area contributed by atoms with Gasteiger partial charge in [0.2, 0.25) is 11.0 Å². The molecule has 6 heteroatoms. The zero-order valence-corrected chi connectivity index (χ0v) is 12.4. The van der Waals surface area contributed by atoms with E-state index in [-0.39, 0.29) is 5.91 Å². The number of hydrogen-bond donors (Lipinski definition) is 1. The number of carbonyl (C=O) groups excluding carboxylic acids is 1. The van der Waals surface area contributed by atoms with Crippen molar-refractivity contribution in [2.24, 2.45) is 0 Å². The van der Waals surface area contributed by atoms with Crippen LogP contribution in [0.25, 0.3) is 6.08 Å². The molecule has 0 bridgehead atoms. The van der Waals surface area contributed by atoms with E-state index in [1.165, 1.54) is 30.3 Å². The van der Waals surface area contributed by atoms with Crippen molar-refractivity contribution in [2.75, 3.05) is 12.4 Å². The van der Waals surface area contributed by atoms with Crippen molar-refractivity contribution < 1.29 is 9.53 Å². The molecule has 1 saturated carbocycles. The van der Waals surface area contributed by atoms with Crippen LogP contribution in [-0.2, 0) is 4.79 Å². The minimum atomic E-state index is -0.212. The standard InChI is InChI=1S/C15H15N3O2S/c1-20-12-4-2-3-10(9-12)5-8-13(19)16-15-18-17-14(21-15)11-6-7-11/h2-5,8-9,11H,6-7H2,1H3,(H,16,18,19). The molecular formula is C15H15N3O2S. The Bertz CT molecular complexity index is 677. The van der Waals surface area contributed by atoms with E-state index in [0.717, 1.165) is 16.3 Å². The molecule has 1 aromatic heterocycles. The number of aromatic nitrogens is 2. The Labute approximate surface area is 126 Å². The first-order valence-corrected chi connectivity index (χ1v) is 7.53. The number of rotatable bonds is 5. The third-order valence-electron chi connectivity index (χ3n) is 3.12. The quantitative estimate of drug-likeness (QED) is 0.862. The third kappa shape index (κ3) is 3.66. The summed E-state index contributed by atoms with van der Waals surface area (Å²) in [5, 5.41) is 12.4. The van der Waals surface area contributed by atoms with Crippen molar-refractivity contribution in [1.29, 1.82) is 0 Å². The molecule has 2 aromatic rings. The summed E-state index contributed by atoms with van der Waals surface area (Å²) in [6.45, 7) is 0. The highest BCUT2D eigenvalue weighted by Gasteiger charge is 2.27. The maximum Gasteiger partial charge on any atom is 0.250 e. The highest BCUT2D eigenvalue weighted by atomic mass is 32.1. The lowest BCUT2D eigenvalue weighted by Gasteiger charge is -2.00. The van der Waals surface area contributed by atoms with Crippen molar-refractivity contribution in [3.05, 3.63) is 40.9 Å². The van der Waals surface area contributed by atoms with Crippen LogP contribution < -0.4 is 10.1 Å². The van der Waals surface area contributed by atoms with Crippen LogP contribution in [0.5, 0.6) is 5.75 Å². The Morgan fingerprint density at radius 2 is 2.29 bits per heavy atom. The molecule has 1 aliphatic carbocycles. The number of carbonyl (C=O) groups is 1. The minimum absolute atomic E-state index is 0.212. The predicted molar refractivity (Wildman–Crippen MR) is 82.5 cm³/mol. The SMILES string of the molecule is COc1cccc(C=CC(=O)Nc2nnc(C3CC3)s2)c1. The van der Waals surface area contributed by atoms with Crippen LogP contribution in [0.1, 0.15) is 29.3 Å². The third-order valence-corrected chi connectivity index (χ3v) is 4.12. The number of methoxy groups -OCH3 is 1. The van der Waals surface area contributed by atoms with Crippen LogP contribution >= 0.6 is 11.3 Å². The Kier molecular flexibility index (Phi) is 3.96. The van der Waals surface area contributed by atoms with Gasteiger partial charge < -0.3 is 4.74 Å². The normalized spacial score (nSPS) is 14.3. The van der Waals surface area contributed by atoms with Crippen molar-refractivity contribution in [1.82, 2.24) is 10.2 Å². The lowest BCUT2D eigenvalue weighted by molar-refractivity contribution is -0.111. The number of amides is 1. The second-order valence-electron chi connectivity index (χ2n) is 4.82. The summed E-state index contributed by atoms with van der Waals surface area (Å²) in [5.74, 6) is 1.10. The second-order valence-corrected chi connectivity index (χ2v) is 5.83. The topological polar surface area (TPSA) is 64.1 Å². The lowest BCUT2D eigenvalue weighted by atomic mass is 10.2. The molecular weight excluding hydrogens is 286 g/mol. The molecule has 3 rings (SSSR count). The van der Waals surface area contributed by atoms with Crippen LogP contribution in [-0.4, -0.2) is 23.2 Å². The molecule has 1 fully saturated rings. The average Bonchev–Trinajstić information content (AvgIpc) is 3.26. The van der Waals surface area contributed by atoms with E-state index < -0.39 is 0 Å². The fraction of sp³-hybridized carbons (Fsp3) is 0.267. The van der Waals surface area contributed by atoms with E-state index in [9.17, 15) is 4.79 Å². The zero-order chi connectivity index (χ0) is 14.7. The van der Waals surface area contributed by atoms with Gasteiger partial charge in [-0.2, -0.15) is 0 Å². The van der Waals surface area contributed by atoms with Gasteiger partial charge in [-0.25, -0.2) is 0 Å². The van der Waals surface area contributed by atoms with Gasteiger partial charge in [0, 0.05) is 12.0 Å². The number of nitrogens with zero attached hydrogens (tertiary/aromatic N) is 2. The van der Waals surface area contributed by atoms with E-state index >= 15 is 0 Å². The summed E-state index contributed by atoms with van der Waals surface area (Å²) < 4.78 is 5.14. The molecule has 0 unspecified atom stereocenters. The van der Waals surface area contributed by atoms with Crippen LogP contribution in [0.4, 0.5) is 5.13 Å². The van der Waals surface area contributed by atoms with Crippen molar-refractivity contribution in [3.63, 3.8) is 0 Å². The molecule has 0 atom stereocenters. The van der Waals surface area contributed by atoms with Gasteiger partial charge in [-0.1, -0.05) is 23.5 Å². The minimum Gasteiger partial charge on any atom is -0.497 e. The zero-order valence-electron chi connectivity index (χ0n) is 11.6. The van der Waals surface area contributed by atoms with E-state index in [1.807, 2.05) is 24.3 Å². The van der Waals surface area contributed by atoms with Gasteiger partial charge >= 0.3 is 0 Å². The van der Waals surface area contributed by atoms with Gasteiger partial charge in [-0.3, -0.25) is 10.1 Å². The summed E-state index contributed by atoms with van der Waals surface area (Å²) in [5.41, 5.74) is 0.903. The van der Waals surface area contributed by atoms with E-state index in [4.69, 9.17) is 4.74 Å². The number of benzene rings is 1. The Balaban J connectivity index is 1.60. The van der Waals surface area contributed by atoms with E-state index in [2.05, 4.69) is 15.5 Å². The summed E-state index contributed by atoms with van der Waals surface area (Å²) in [6, 6.07) is 7.50. The molecule has 0 spiro atoms. The highest BCUT2D eigenvalue weighted by Crippen LogP contribution is 2.41. The lowest BCUT2D eigenvalue weighted by Crippen LogP contribution is -2.07. The molecule has 0 aliphatic heterocycles. The summed E-state index contributed by atoms with van der Waals surface area (Å²) in [4.78, 5) is 11.8. The molecule has 1 aliphatic rings. The molecule has 1 N–H and O–H groups in total. The molecule has 108 valence electrons. The van der Waals surface area contributed by atoms with E-state index in [1.54, 1.807) is 13.2 Å². The smallest absolute Gasteiger partial charge is 0.250 e. The molecule has 0 radical (unpaired) electrons. The highest BCUT2D eigenvalue weighted by molar-refractivity contribution is 7.15. The van der Waals surface area contributed by atoms with Gasteiger partial charge in [0.25, 0.3) is 0 Å². The number of ether oxygens (including phenoxy) is 1. The monoisotopic (exact) mass is 301 g/mol. The van der Waals surface area contributed by atoms with Gasteiger partial charge in [0.1, 0.15) is 10.8 Å². The van der Waals surface area contributed by atoms with Crippen LogP contribution in [0.2, 0.25) is 0 Å². The van der Waals surface area contributed by atoms with Gasteiger partial charge in [-0.15, -0.1) is 10.2 Å². The van der Waals surface area contributed by atoms with Crippen molar-refractivity contribution >= 4 is 28.5 Å².